The average Bonchev–Trinajstić information content (AvgIpc) is 3.18. The Kier molecular flexibility index (Phi) is 6.60. The number of aliphatic hydroxyl groups excluding tert-OH is 1. The number of rotatable bonds is 6. The van der Waals surface area contributed by atoms with Crippen molar-refractivity contribution in [3.63, 3.8) is 0 Å². The normalized spacial score (nSPS) is 28.2. The van der Waals surface area contributed by atoms with Crippen molar-refractivity contribution in [2.45, 2.75) is 96.2 Å². The molecule has 1 spiro atoms. The summed E-state index contributed by atoms with van der Waals surface area (Å²) in [6.45, 7) is 6.32. The zero-order valence-corrected chi connectivity index (χ0v) is 18.0. The molecule has 1 aliphatic carbocycles. The lowest BCUT2D eigenvalue weighted by atomic mass is 9.71. The van der Waals surface area contributed by atoms with Crippen LogP contribution in [0.5, 0.6) is 0 Å². The van der Waals surface area contributed by atoms with Crippen LogP contribution in [0.15, 0.2) is 6.20 Å². The van der Waals surface area contributed by atoms with Crippen LogP contribution in [0.3, 0.4) is 0 Å². The van der Waals surface area contributed by atoms with Gasteiger partial charge in [-0.1, -0.05) is 13.3 Å². The summed E-state index contributed by atoms with van der Waals surface area (Å²) in [5.74, 6) is 1.46. The summed E-state index contributed by atoms with van der Waals surface area (Å²) >= 11 is 0. The summed E-state index contributed by atoms with van der Waals surface area (Å²) in [4.78, 5) is 25.4. The number of aliphatic hydroxyl groups is 1. The first kappa shape index (κ1) is 20.9. The van der Waals surface area contributed by atoms with Crippen LogP contribution < -0.4 is 0 Å². The Morgan fingerprint density at radius 3 is 2.69 bits per heavy atom. The summed E-state index contributed by atoms with van der Waals surface area (Å²) in [6.07, 6.45) is 13.0. The van der Waals surface area contributed by atoms with Crippen molar-refractivity contribution in [2.24, 2.45) is 5.41 Å². The summed E-state index contributed by atoms with van der Waals surface area (Å²) in [5.41, 5.74) is 1.54. The third-order valence-corrected chi connectivity index (χ3v) is 7.56. The molecule has 1 amide bonds. The fraction of sp³-hybridized carbons (Fsp3) is 0.826. The molecular formula is C23H38N4O2. The molecule has 0 bridgehead atoms. The van der Waals surface area contributed by atoms with E-state index in [4.69, 9.17) is 0 Å². The molecule has 0 unspecified atom stereocenters. The lowest BCUT2D eigenvalue weighted by molar-refractivity contribution is -0.143. The number of nitrogens with zero attached hydrogens (tertiary/aromatic N) is 3. The Morgan fingerprint density at radius 1 is 1.21 bits per heavy atom. The van der Waals surface area contributed by atoms with Gasteiger partial charge in [0.15, 0.2) is 0 Å². The fourth-order valence-electron chi connectivity index (χ4n) is 5.54. The predicted molar refractivity (Wildman–Crippen MR) is 113 cm³/mol. The van der Waals surface area contributed by atoms with Crippen LogP contribution in [0.1, 0.15) is 82.7 Å². The molecule has 4 rings (SSSR count). The Morgan fingerprint density at radius 2 is 1.97 bits per heavy atom. The lowest BCUT2D eigenvalue weighted by Crippen LogP contribution is -2.55. The number of aromatic amines is 1. The maximum absolute atomic E-state index is 12.6. The van der Waals surface area contributed by atoms with Gasteiger partial charge < -0.3 is 15.0 Å². The molecule has 3 heterocycles. The van der Waals surface area contributed by atoms with E-state index in [9.17, 15) is 9.90 Å². The quantitative estimate of drug-likeness (QED) is 0.766. The second-order valence-corrected chi connectivity index (χ2v) is 9.72. The van der Waals surface area contributed by atoms with E-state index in [0.29, 0.717) is 23.8 Å². The highest BCUT2D eigenvalue weighted by Gasteiger charge is 2.43. The SMILES string of the molecule is CCCCc1ncc(CN2CCC3(CCC(=O)N(C4CCC(O)CC4)C3)CC2)[nH]1. The molecule has 1 aromatic heterocycles. The van der Waals surface area contributed by atoms with Crippen molar-refractivity contribution in [2.75, 3.05) is 19.6 Å². The third kappa shape index (κ3) is 5.02. The highest BCUT2D eigenvalue weighted by molar-refractivity contribution is 5.77. The molecular weight excluding hydrogens is 364 g/mol. The Bertz CT molecular complexity index is 672. The number of amides is 1. The molecule has 0 radical (unpaired) electrons. The number of likely N-dealkylation sites (tertiary alicyclic amines) is 2. The van der Waals surface area contributed by atoms with Crippen LogP contribution in [0.25, 0.3) is 0 Å². The molecule has 1 aromatic rings. The number of hydrogen-bond donors (Lipinski definition) is 2. The van der Waals surface area contributed by atoms with Crippen LogP contribution in [0, 0.1) is 5.41 Å². The maximum Gasteiger partial charge on any atom is 0.222 e. The largest absolute Gasteiger partial charge is 0.393 e. The second kappa shape index (κ2) is 9.17. The van der Waals surface area contributed by atoms with Gasteiger partial charge in [0.2, 0.25) is 5.91 Å². The van der Waals surface area contributed by atoms with Crippen molar-refractivity contribution < 1.29 is 9.90 Å². The number of carbonyl (C=O) groups excluding carboxylic acids is 1. The first-order chi connectivity index (χ1) is 14.1. The van der Waals surface area contributed by atoms with E-state index in [2.05, 4.69) is 26.7 Å². The first-order valence-corrected chi connectivity index (χ1v) is 11.8. The highest BCUT2D eigenvalue weighted by atomic mass is 16.3. The van der Waals surface area contributed by atoms with Gasteiger partial charge in [0.25, 0.3) is 0 Å². The van der Waals surface area contributed by atoms with E-state index in [0.717, 1.165) is 70.5 Å². The van der Waals surface area contributed by atoms with E-state index in [1.165, 1.54) is 31.4 Å². The van der Waals surface area contributed by atoms with Gasteiger partial charge in [0, 0.05) is 43.9 Å². The number of aryl methyl sites for hydroxylation is 1. The number of imidazole rings is 1. The molecule has 6 nitrogen and oxygen atoms in total. The summed E-state index contributed by atoms with van der Waals surface area (Å²) in [5, 5.41) is 9.81. The molecule has 2 aliphatic heterocycles. The molecule has 29 heavy (non-hydrogen) atoms. The van der Waals surface area contributed by atoms with Crippen molar-refractivity contribution >= 4 is 5.91 Å². The van der Waals surface area contributed by atoms with Gasteiger partial charge in [-0.05, 0) is 69.9 Å². The van der Waals surface area contributed by atoms with Gasteiger partial charge in [-0.2, -0.15) is 0 Å². The number of H-pyrrole nitrogens is 1. The molecule has 3 aliphatic rings. The average molecular weight is 403 g/mol. The van der Waals surface area contributed by atoms with Crippen LogP contribution in [0.2, 0.25) is 0 Å². The van der Waals surface area contributed by atoms with E-state index >= 15 is 0 Å². The molecule has 6 heteroatoms. The summed E-state index contributed by atoms with van der Waals surface area (Å²) < 4.78 is 0. The van der Waals surface area contributed by atoms with Crippen molar-refractivity contribution in [3.8, 4) is 0 Å². The number of aromatic nitrogens is 2. The van der Waals surface area contributed by atoms with Crippen molar-refractivity contribution in [1.29, 1.82) is 0 Å². The van der Waals surface area contributed by atoms with E-state index < -0.39 is 0 Å². The third-order valence-electron chi connectivity index (χ3n) is 7.56. The Hall–Kier alpha value is -1.40. The van der Waals surface area contributed by atoms with Gasteiger partial charge in [0.1, 0.15) is 5.82 Å². The van der Waals surface area contributed by atoms with Crippen LogP contribution in [-0.2, 0) is 17.8 Å². The van der Waals surface area contributed by atoms with E-state index in [1.807, 2.05) is 6.20 Å². The number of nitrogens with one attached hydrogen (secondary N) is 1. The van der Waals surface area contributed by atoms with Gasteiger partial charge in [-0.3, -0.25) is 9.69 Å². The predicted octanol–water partition coefficient (Wildman–Crippen LogP) is 3.26. The molecule has 1 saturated carbocycles. The van der Waals surface area contributed by atoms with Crippen LogP contribution >= 0.6 is 0 Å². The molecule has 0 aromatic carbocycles. The van der Waals surface area contributed by atoms with Crippen molar-refractivity contribution in [1.82, 2.24) is 19.8 Å². The fourth-order valence-corrected chi connectivity index (χ4v) is 5.54. The van der Waals surface area contributed by atoms with E-state index in [-0.39, 0.29) is 6.10 Å². The molecule has 3 fully saturated rings. The number of piperidine rings is 2. The van der Waals surface area contributed by atoms with Crippen LogP contribution in [-0.4, -0.2) is 62.6 Å². The molecule has 0 atom stereocenters. The summed E-state index contributed by atoms with van der Waals surface area (Å²) in [7, 11) is 0. The number of carbonyl (C=O) groups is 1. The molecule has 2 N–H and O–H groups in total. The van der Waals surface area contributed by atoms with Gasteiger partial charge >= 0.3 is 0 Å². The van der Waals surface area contributed by atoms with Gasteiger partial charge in [0.05, 0.1) is 6.10 Å². The standard InChI is InChI=1S/C23H38N4O2/c1-2-3-4-21-24-15-18(25-21)16-26-13-11-23(12-14-26)10-9-22(29)27(17-23)19-5-7-20(28)8-6-19/h15,19-20,28H,2-14,16-17H2,1H3,(H,24,25). The van der Waals surface area contributed by atoms with E-state index in [1.54, 1.807) is 0 Å². The monoisotopic (exact) mass is 402 g/mol. The smallest absolute Gasteiger partial charge is 0.222 e. The Labute approximate surface area is 175 Å². The van der Waals surface area contributed by atoms with Gasteiger partial charge in [-0.25, -0.2) is 4.98 Å². The topological polar surface area (TPSA) is 72.5 Å². The van der Waals surface area contributed by atoms with Crippen LogP contribution in [0.4, 0.5) is 0 Å². The number of hydrogen-bond acceptors (Lipinski definition) is 4. The lowest BCUT2D eigenvalue weighted by Gasteiger charge is -2.50. The summed E-state index contributed by atoms with van der Waals surface area (Å²) in [6, 6.07) is 0.354. The first-order valence-electron chi connectivity index (χ1n) is 11.8. The zero-order valence-electron chi connectivity index (χ0n) is 18.0. The Balaban J connectivity index is 1.29. The van der Waals surface area contributed by atoms with Crippen molar-refractivity contribution in [3.05, 3.63) is 17.7 Å². The highest BCUT2D eigenvalue weighted by Crippen LogP contribution is 2.42. The molecule has 2 saturated heterocycles. The second-order valence-electron chi connectivity index (χ2n) is 9.72. The number of unbranched alkanes of at least 4 members (excludes halogenated alkanes) is 1. The minimum absolute atomic E-state index is 0.159. The molecule has 162 valence electrons. The zero-order chi connectivity index (χ0) is 20.3. The van der Waals surface area contributed by atoms with Gasteiger partial charge in [-0.15, -0.1) is 0 Å². The maximum atomic E-state index is 12.6. The minimum Gasteiger partial charge on any atom is -0.393 e. The minimum atomic E-state index is -0.159.